The Morgan fingerprint density at radius 1 is 1.28 bits per heavy atom. The van der Waals surface area contributed by atoms with E-state index in [1.165, 1.54) is 0 Å². The van der Waals surface area contributed by atoms with E-state index >= 15 is 0 Å². The Labute approximate surface area is 110 Å². The molecule has 0 atom stereocenters. The molecule has 0 amide bonds. The maximum atomic E-state index is 5.82. The van der Waals surface area contributed by atoms with Gasteiger partial charge >= 0.3 is 0 Å². The van der Waals surface area contributed by atoms with Gasteiger partial charge in [0, 0.05) is 24.0 Å². The van der Waals surface area contributed by atoms with Gasteiger partial charge in [-0.05, 0) is 18.2 Å². The fourth-order valence-electron chi connectivity index (χ4n) is 1.84. The lowest BCUT2D eigenvalue weighted by Crippen LogP contribution is -2.01. The molecule has 1 N–H and O–H groups in total. The van der Waals surface area contributed by atoms with E-state index in [4.69, 9.17) is 21.1 Å². The number of hydrogen-bond donors (Lipinski definition) is 1. The third kappa shape index (κ3) is 2.19. The molecule has 0 fully saturated rings. The normalized spacial score (nSPS) is 12.5. The van der Waals surface area contributed by atoms with Crippen molar-refractivity contribution in [3.05, 3.63) is 47.2 Å². The Hall–Kier alpha value is -1.94. The summed E-state index contributed by atoms with van der Waals surface area (Å²) in [6.45, 7) is 0.931. The van der Waals surface area contributed by atoms with Crippen LogP contribution in [0.3, 0.4) is 0 Å². The highest BCUT2D eigenvalue weighted by atomic mass is 35.5. The third-order valence-corrected chi connectivity index (χ3v) is 2.89. The first-order valence-electron chi connectivity index (χ1n) is 5.56. The molecule has 0 unspecified atom stereocenters. The molecule has 0 bridgehead atoms. The molecule has 1 aliphatic rings. The highest BCUT2D eigenvalue weighted by molar-refractivity contribution is 6.29. The second kappa shape index (κ2) is 4.74. The fraction of sp³-hybridized carbons (Fsp3) is 0.154. The lowest BCUT2D eigenvalue weighted by molar-refractivity contribution is 0.173. The summed E-state index contributed by atoms with van der Waals surface area (Å²) in [5.74, 6) is 1.60. The molecule has 1 aliphatic heterocycles. The number of ether oxygens (including phenoxy) is 2. The number of halogens is 1. The summed E-state index contributed by atoms with van der Waals surface area (Å²) >= 11 is 5.82. The second-order valence-electron chi connectivity index (χ2n) is 3.87. The van der Waals surface area contributed by atoms with Crippen LogP contribution >= 0.6 is 11.6 Å². The Bertz CT molecular complexity index is 575. The topological polar surface area (TPSA) is 43.4 Å². The first kappa shape index (κ1) is 11.2. The van der Waals surface area contributed by atoms with Crippen LogP contribution in [-0.4, -0.2) is 11.8 Å². The van der Waals surface area contributed by atoms with Gasteiger partial charge in [0.1, 0.15) is 5.15 Å². The Kier molecular flexibility index (Phi) is 2.94. The van der Waals surface area contributed by atoms with Gasteiger partial charge in [0.05, 0.1) is 0 Å². The van der Waals surface area contributed by atoms with Crippen LogP contribution in [-0.2, 0) is 6.54 Å². The molecule has 1 aromatic carbocycles. The van der Waals surface area contributed by atoms with Crippen LogP contribution in [0, 0.1) is 0 Å². The van der Waals surface area contributed by atoms with Crippen molar-refractivity contribution in [1.29, 1.82) is 0 Å². The molecule has 1 aromatic heterocycles. The lowest BCUT2D eigenvalue weighted by Gasteiger charge is -2.08. The smallest absolute Gasteiger partial charge is 0.231 e. The van der Waals surface area contributed by atoms with Gasteiger partial charge in [-0.3, -0.25) is 0 Å². The molecule has 0 saturated heterocycles. The van der Waals surface area contributed by atoms with Crippen LogP contribution in [0.5, 0.6) is 11.5 Å². The molecule has 0 spiro atoms. The predicted molar refractivity (Wildman–Crippen MR) is 69.1 cm³/mol. The maximum absolute atomic E-state index is 5.82. The van der Waals surface area contributed by atoms with Gasteiger partial charge in [-0.25, -0.2) is 4.98 Å². The maximum Gasteiger partial charge on any atom is 0.231 e. The minimum absolute atomic E-state index is 0.285. The molecule has 92 valence electrons. The Morgan fingerprint density at radius 2 is 2.22 bits per heavy atom. The number of hydrogen-bond acceptors (Lipinski definition) is 4. The zero-order chi connectivity index (χ0) is 12.4. The zero-order valence-corrected chi connectivity index (χ0v) is 10.3. The average molecular weight is 263 g/mol. The molecular weight excluding hydrogens is 252 g/mol. The van der Waals surface area contributed by atoms with Crippen molar-refractivity contribution >= 4 is 17.3 Å². The van der Waals surface area contributed by atoms with E-state index in [0.717, 1.165) is 22.7 Å². The van der Waals surface area contributed by atoms with E-state index in [2.05, 4.69) is 10.3 Å². The number of rotatable bonds is 3. The number of nitrogens with zero attached hydrogens (tertiary/aromatic N) is 1. The van der Waals surface area contributed by atoms with Crippen LogP contribution in [0.15, 0.2) is 36.5 Å². The summed E-state index contributed by atoms with van der Waals surface area (Å²) in [4.78, 5) is 3.93. The molecule has 3 rings (SSSR count). The number of anilines is 1. The van der Waals surface area contributed by atoms with Crippen molar-refractivity contribution in [3.63, 3.8) is 0 Å². The second-order valence-corrected chi connectivity index (χ2v) is 4.26. The Morgan fingerprint density at radius 3 is 3.11 bits per heavy atom. The highest BCUT2D eigenvalue weighted by Crippen LogP contribution is 2.35. The lowest BCUT2D eigenvalue weighted by atomic mass is 10.2. The summed E-state index contributed by atoms with van der Waals surface area (Å²) in [6.07, 6.45) is 1.67. The molecule has 0 radical (unpaired) electrons. The van der Waals surface area contributed by atoms with Crippen molar-refractivity contribution in [3.8, 4) is 11.5 Å². The quantitative estimate of drug-likeness (QED) is 0.864. The third-order valence-electron chi connectivity index (χ3n) is 2.69. The number of fused-ring (bicyclic) bond motifs is 1. The number of pyridine rings is 1. The van der Waals surface area contributed by atoms with Crippen LogP contribution in [0.25, 0.3) is 0 Å². The number of aromatic nitrogens is 1. The standard InChI is InChI=1S/C13H11ClN2O2/c14-12-6-10(4-5-15-12)16-7-9-2-1-3-11-13(9)18-8-17-11/h1-6H,7-8H2,(H,15,16). The molecule has 2 aromatic rings. The van der Waals surface area contributed by atoms with E-state index in [9.17, 15) is 0 Å². The van der Waals surface area contributed by atoms with Crippen molar-refractivity contribution in [1.82, 2.24) is 4.98 Å². The average Bonchev–Trinajstić information content (AvgIpc) is 2.85. The van der Waals surface area contributed by atoms with Crippen molar-refractivity contribution in [2.75, 3.05) is 12.1 Å². The highest BCUT2D eigenvalue weighted by Gasteiger charge is 2.16. The van der Waals surface area contributed by atoms with Gasteiger partial charge in [0.25, 0.3) is 0 Å². The van der Waals surface area contributed by atoms with Gasteiger partial charge in [0.2, 0.25) is 6.79 Å². The number of para-hydroxylation sites is 1. The summed E-state index contributed by atoms with van der Waals surface area (Å²) in [5, 5.41) is 3.74. The van der Waals surface area contributed by atoms with Crippen LogP contribution in [0.1, 0.15) is 5.56 Å². The molecule has 0 aliphatic carbocycles. The monoisotopic (exact) mass is 262 g/mol. The van der Waals surface area contributed by atoms with Gasteiger partial charge in [0.15, 0.2) is 11.5 Å². The summed E-state index contributed by atoms with van der Waals surface area (Å²) < 4.78 is 10.8. The van der Waals surface area contributed by atoms with Crippen molar-refractivity contribution < 1.29 is 9.47 Å². The van der Waals surface area contributed by atoms with Crippen LogP contribution in [0.2, 0.25) is 5.15 Å². The molecule has 18 heavy (non-hydrogen) atoms. The van der Waals surface area contributed by atoms with Gasteiger partial charge in [-0.1, -0.05) is 23.7 Å². The van der Waals surface area contributed by atoms with Gasteiger partial charge in [-0.15, -0.1) is 0 Å². The Balaban J connectivity index is 1.76. The first-order valence-corrected chi connectivity index (χ1v) is 5.93. The van der Waals surface area contributed by atoms with Crippen LogP contribution < -0.4 is 14.8 Å². The van der Waals surface area contributed by atoms with Crippen molar-refractivity contribution in [2.45, 2.75) is 6.54 Å². The van der Waals surface area contributed by atoms with Gasteiger partial charge < -0.3 is 14.8 Å². The van der Waals surface area contributed by atoms with E-state index in [-0.39, 0.29) is 6.79 Å². The largest absolute Gasteiger partial charge is 0.454 e. The van der Waals surface area contributed by atoms with Gasteiger partial charge in [-0.2, -0.15) is 0 Å². The minimum Gasteiger partial charge on any atom is -0.454 e. The molecule has 4 nitrogen and oxygen atoms in total. The van der Waals surface area contributed by atoms with E-state index in [1.54, 1.807) is 12.3 Å². The SMILES string of the molecule is Clc1cc(NCc2cccc3c2OCO3)ccn1. The minimum atomic E-state index is 0.285. The number of nitrogens with one attached hydrogen (secondary N) is 1. The molecule has 2 heterocycles. The van der Waals surface area contributed by atoms with E-state index < -0.39 is 0 Å². The van der Waals surface area contributed by atoms with Crippen LogP contribution in [0.4, 0.5) is 5.69 Å². The zero-order valence-electron chi connectivity index (χ0n) is 9.52. The summed E-state index contributed by atoms with van der Waals surface area (Å²) in [5.41, 5.74) is 1.98. The van der Waals surface area contributed by atoms with Crippen molar-refractivity contribution in [2.24, 2.45) is 0 Å². The molecule has 5 heteroatoms. The first-order chi connectivity index (χ1) is 8.83. The summed E-state index contributed by atoms with van der Waals surface area (Å²) in [7, 11) is 0. The van der Waals surface area contributed by atoms with E-state index in [1.807, 2.05) is 24.3 Å². The predicted octanol–water partition coefficient (Wildman–Crippen LogP) is 3.08. The molecular formula is C13H11ClN2O2. The van der Waals surface area contributed by atoms with E-state index in [0.29, 0.717) is 11.7 Å². The summed E-state index contributed by atoms with van der Waals surface area (Å²) in [6, 6.07) is 9.50. The number of benzene rings is 1. The molecule has 0 saturated carbocycles. The fourth-order valence-corrected chi connectivity index (χ4v) is 2.01.